The van der Waals surface area contributed by atoms with Gasteiger partial charge in [-0.1, -0.05) is 6.92 Å². The minimum atomic E-state index is -0.0542. The molecule has 1 aliphatic heterocycles. The first-order valence-corrected chi connectivity index (χ1v) is 6.45. The highest BCUT2D eigenvalue weighted by molar-refractivity contribution is 5.85. The third-order valence-electron chi connectivity index (χ3n) is 3.74. The van der Waals surface area contributed by atoms with Crippen molar-refractivity contribution in [2.45, 2.75) is 44.7 Å². The van der Waals surface area contributed by atoms with Gasteiger partial charge in [-0.25, -0.2) is 0 Å². The summed E-state index contributed by atoms with van der Waals surface area (Å²) < 4.78 is 0. The highest BCUT2D eigenvalue weighted by Gasteiger charge is 2.32. The van der Waals surface area contributed by atoms with Crippen molar-refractivity contribution in [1.82, 2.24) is 10.2 Å². The number of piperidine rings is 1. The Morgan fingerprint density at radius 3 is 2.28 bits per heavy atom. The lowest BCUT2D eigenvalue weighted by Gasteiger charge is -2.32. The third kappa shape index (κ3) is 4.92. The minimum Gasteiger partial charge on any atom is -0.353 e. The minimum absolute atomic E-state index is 0. The fraction of sp³-hybridized carbons (Fsp3) is 0.917. The van der Waals surface area contributed by atoms with E-state index in [1.165, 1.54) is 12.8 Å². The topological polar surface area (TPSA) is 58.4 Å². The van der Waals surface area contributed by atoms with Crippen molar-refractivity contribution in [3.05, 3.63) is 0 Å². The molecule has 1 heterocycles. The van der Waals surface area contributed by atoms with E-state index in [0.717, 1.165) is 32.0 Å². The van der Waals surface area contributed by atoms with Gasteiger partial charge in [0.05, 0.1) is 0 Å². The molecule has 0 radical (unpaired) electrons. The maximum absolute atomic E-state index is 11.7. The summed E-state index contributed by atoms with van der Waals surface area (Å²) >= 11 is 0. The zero-order chi connectivity index (χ0) is 11.5. The zero-order valence-corrected chi connectivity index (χ0v) is 12.6. The molecule has 2 rings (SSSR count). The Balaban J connectivity index is 0.00000144. The first-order chi connectivity index (χ1) is 7.70. The van der Waals surface area contributed by atoms with Gasteiger partial charge in [-0.15, -0.1) is 24.8 Å². The molecule has 2 aliphatic rings. The van der Waals surface area contributed by atoms with E-state index >= 15 is 0 Å². The van der Waals surface area contributed by atoms with E-state index in [4.69, 9.17) is 5.73 Å². The quantitative estimate of drug-likeness (QED) is 0.819. The van der Waals surface area contributed by atoms with Crippen LogP contribution in [0.1, 0.15) is 32.6 Å². The van der Waals surface area contributed by atoms with Crippen LogP contribution in [-0.2, 0) is 4.79 Å². The average molecular weight is 298 g/mol. The number of hydrogen-bond donors (Lipinski definition) is 2. The Bertz CT molecular complexity index is 254. The lowest BCUT2D eigenvalue weighted by atomic mass is 10.0. The van der Waals surface area contributed by atoms with Gasteiger partial charge < -0.3 is 16.0 Å². The van der Waals surface area contributed by atoms with Crippen molar-refractivity contribution in [3.8, 4) is 0 Å². The van der Waals surface area contributed by atoms with Gasteiger partial charge in [-0.3, -0.25) is 4.79 Å². The highest BCUT2D eigenvalue weighted by Crippen LogP contribution is 2.29. The lowest BCUT2D eigenvalue weighted by Crippen LogP contribution is -2.47. The Labute approximate surface area is 122 Å². The van der Waals surface area contributed by atoms with Crippen LogP contribution in [0.25, 0.3) is 0 Å². The molecule has 1 aliphatic carbocycles. The predicted molar refractivity (Wildman–Crippen MR) is 78.5 cm³/mol. The summed E-state index contributed by atoms with van der Waals surface area (Å²) in [6.45, 7) is 4.61. The van der Waals surface area contributed by atoms with Gasteiger partial charge >= 0.3 is 0 Å². The number of hydrogen-bond acceptors (Lipinski definition) is 3. The van der Waals surface area contributed by atoms with Crippen LogP contribution < -0.4 is 11.1 Å². The van der Waals surface area contributed by atoms with Crippen molar-refractivity contribution < 1.29 is 4.79 Å². The van der Waals surface area contributed by atoms with Crippen molar-refractivity contribution >= 4 is 30.7 Å². The monoisotopic (exact) mass is 297 g/mol. The Morgan fingerprint density at radius 1 is 1.28 bits per heavy atom. The standard InChI is InChI=1S/C12H23N3O.2ClH/c1-9(8-13)12(16)14-10-4-6-15(7-5-10)11-2-3-11;;/h9-11H,2-8,13H2,1H3,(H,14,16);2*1H. The summed E-state index contributed by atoms with van der Waals surface area (Å²) in [4.78, 5) is 14.2. The maximum atomic E-state index is 11.7. The maximum Gasteiger partial charge on any atom is 0.224 e. The molecule has 0 spiro atoms. The molecule has 1 saturated carbocycles. The second-order valence-electron chi connectivity index (χ2n) is 5.19. The van der Waals surface area contributed by atoms with E-state index < -0.39 is 0 Å². The molecule has 108 valence electrons. The fourth-order valence-electron chi connectivity index (χ4n) is 2.30. The predicted octanol–water partition coefficient (Wildman–Crippen LogP) is 1.17. The van der Waals surface area contributed by atoms with Crippen LogP contribution in [0.15, 0.2) is 0 Å². The van der Waals surface area contributed by atoms with E-state index in [-0.39, 0.29) is 36.6 Å². The molecule has 0 bridgehead atoms. The Hall–Kier alpha value is -0.0300. The number of nitrogens with two attached hydrogens (primary N) is 1. The molecular formula is C12H25Cl2N3O. The molecule has 6 heteroatoms. The molecule has 1 saturated heterocycles. The van der Waals surface area contributed by atoms with Crippen LogP contribution in [0, 0.1) is 5.92 Å². The zero-order valence-electron chi connectivity index (χ0n) is 10.9. The van der Waals surface area contributed by atoms with Crippen LogP contribution in [0.4, 0.5) is 0 Å². The van der Waals surface area contributed by atoms with Crippen molar-refractivity contribution in [2.24, 2.45) is 11.7 Å². The van der Waals surface area contributed by atoms with Crippen LogP contribution in [0.2, 0.25) is 0 Å². The highest BCUT2D eigenvalue weighted by atomic mass is 35.5. The van der Waals surface area contributed by atoms with Crippen molar-refractivity contribution in [3.63, 3.8) is 0 Å². The second-order valence-corrected chi connectivity index (χ2v) is 5.19. The molecule has 1 unspecified atom stereocenters. The molecule has 3 N–H and O–H groups in total. The lowest BCUT2D eigenvalue weighted by molar-refractivity contribution is -0.125. The number of nitrogens with zero attached hydrogens (tertiary/aromatic N) is 1. The summed E-state index contributed by atoms with van der Waals surface area (Å²) in [6, 6.07) is 1.23. The Kier molecular flexibility index (Phi) is 8.19. The molecule has 2 fully saturated rings. The molecule has 1 amide bonds. The largest absolute Gasteiger partial charge is 0.353 e. The average Bonchev–Trinajstić information content (AvgIpc) is 3.13. The van der Waals surface area contributed by atoms with Crippen LogP contribution >= 0.6 is 24.8 Å². The van der Waals surface area contributed by atoms with Gasteiger partial charge in [0.25, 0.3) is 0 Å². The summed E-state index contributed by atoms with van der Waals surface area (Å²) in [5.41, 5.74) is 5.48. The normalized spacial score (nSPS) is 22.6. The number of nitrogens with one attached hydrogen (secondary N) is 1. The molecular weight excluding hydrogens is 273 g/mol. The van der Waals surface area contributed by atoms with E-state index in [1.807, 2.05) is 6.92 Å². The molecule has 0 aromatic rings. The van der Waals surface area contributed by atoms with Gasteiger partial charge in [0.15, 0.2) is 0 Å². The number of halogens is 2. The summed E-state index contributed by atoms with van der Waals surface area (Å²) in [5, 5.41) is 3.10. The van der Waals surface area contributed by atoms with Crippen molar-refractivity contribution in [1.29, 1.82) is 0 Å². The van der Waals surface area contributed by atoms with Crippen LogP contribution in [0.3, 0.4) is 0 Å². The Morgan fingerprint density at radius 2 is 1.83 bits per heavy atom. The third-order valence-corrected chi connectivity index (χ3v) is 3.74. The molecule has 0 aromatic heterocycles. The molecule has 0 aromatic carbocycles. The van der Waals surface area contributed by atoms with Crippen LogP contribution in [-0.4, -0.2) is 42.5 Å². The number of carbonyl (C=O) groups is 1. The fourth-order valence-corrected chi connectivity index (χ4v) is 2.30. The van der Waals surface area contributed by atoms with Gasteiger partial charge in [0, 0.05) is 37.6 Å². The molecule has 1 atom stereocenters. The van der Waals surface area contributed by atoms with Gasteiger partial charge in [-0.2, -0.15) is 0 Å². The number of carbonyl (C=O) groups excluding carboxylic acids is 1. The number of rotatable bonds is 4. The summed E-state index contributed by atoms with van der Waals surface area (Å²) in [7, 11) is 0. The smallest absolute Gasteiger partial charge is 0.224 e. The first kappa shape index (κ1) is 18.0. The van der Waals surface area contributed by atoms with Gasteiger partial charge in [0.1, 0.15) is 0 Å². The van der Waals surface area contributed by atoms with Gasteiger partial charge in [-0.05, 0) is 25.7 Å². The summed E-state index contributed by atoms with van der Waals surface area (Å²) in [5.74, 6) is 0.0637. The van der Waals surface area contributed by atoms with Crippen molar-refractivity contribution in [2.75, 3.05) is 19.6 Å². The van der Waals surface area contributed by atoms with E-state index in [0.29, 0.717) is 12.6 Å². The number of amides is 1. The SMILES string of the molecule is CC(CN)C(=O)NC1CCN(C2CC2)CC1.Cl.Cl. The van der Waals surface area contributed by atoms with E-state index in [2.05, 4.69) is 10.2 Å². The first-order valence-electron chi connectivity index (χ1n) is 6.45. The summed E-state index contributed by atoms with van der Waals surface area (Å²) in [6.07, 6.45) is 4.95. The number of likely N-dealkylation sites (tertiary alicyclic amines) is 1. The van der Waals surface area contributed by atoms with E-state index in [9.17, 15) is 4.79 Å². The molecule has 4 nitrogen and oxygen atoms in total. The van der Waals surface area contributed by atoms with Gasteiger partial charge in [0.2, 0.25) is 5.91 Å². The van der Waals surface area contributed by atoms with E-state index in [1.54, 1.807) is 0 Å². The van der Waals surface area contributed by atoms with Crippen LogP contribution in [0.5, 0.6) is 0 Å². The molecule has 18 heavy (non-hydrogen) atoms. The second kappa shape index (κ2) is 8.20.